The molecule has 0 N–H and O–H groups in total. The summed E-state index contributed by atoms with van der Waals surface area (Å²) in [5.74, 6) is 0.728. The standard InChI is InChI=1S/C18H14ClNO3S/c1-23-16-9-5-14(6-10-16)3-2-4-18(13-20)24(21,22)17-11-7-15(19)8-12-17/h2-12H,1H3/b3-2+,18-4+. The second-order valence-electron chi connectivity index (χ2n) is 4.73. The number of hydrogen-bond donors (Lipinski definition) is 0. The van der Waals surface area contributed by atoms with Crippen molar-refractivity contribution >= 4 is 27.5 Å². The van der Waals surface area contributed by atoms with Gasteiger partial charge in [-0.05, 0) is 48.0 Å². The van der Waals surface area contributed by atoms with Crippen LogP contribution in [-0.4, -0.2) is 15.5 Å². The molecule has 0 aliphatic carbocycles. The first kappa shape index (κ1) is 17.8. The summed E-state index contributed by atoms with van der Waals surface area (Å²) in [4.78, 5) is -0.313. The number of nitrogens with zero attached hydrogens (tertiary/aromatic N) is 1. The van der Waals surface area contributed by atoms with Crippen molar-refractivity contribution in [1.82, 2.24) is 0 Å². The van der Waals surface area contributed by atoms with Crippen molar-refractivity contribution in [2.75, 3.05) is 7.11 Å². The summed E-state index contributed by atoms with van der Waals surface area (Å²) in [6, 6.07) is 14.6. The van der Waals surface area contributed by atoms with Gasteiger partial charge in [0.2, 0.25) is 9.84 Å². The monoisotopic (exact) mass is 359 g/mol. The number of ether oxygens (including phenoxy) is 1. The Morgan fingerprint density at radius 1 is 1.12 bits per heavy atom. The Bertz CT molecular complexity index is 906. The third-order valence-corrected chi connectivity index (χ3v) is 5.13. The van der Waals surface area contributed by atoms with Crippen LogP contribution >= 0.6 is 11.6 Å². The first-order valence-corrected chi connectivity index (χ1v) is 8.76. The zero-order chi connectivity index (χ0) is 17.6. The predicted molar refractivity (Wildman–Crippen MR) is 94.4 cm³/mol. The largest absolute Gasteiger partial charge is 0.497 e. The molecule has 0 bridgehead atoms. The molecule has 0 aliphatic rings. The molecule has 0 radical (unpaired) electrons. The Labute approximate surface area is 146 Å². The number of benzene rings is 2. The topological polar surface area (TPSA) is 67.2 Å². The van der Waals surface area contributed by atoms with E-state index in [1.807, 2.05) is 12.1 Å². The molecule has 0 heterocycles. The zero-order valence-electron chi connectivity index (χ0n) is 12.8. The van der Waals surface area contributed by atoms with Crippen molar-refractivity contribution < 1.29 is 13.2 Å². The van der Waals surface area contributed by atoms with Crippen molar-refractivity contribution in [1.29, 1.82) is 5.26 Å². The number of nitriles is 1. The van der Waals surface area contributed by atoms with Gasteiger partial charge in [-0.15, -0.1) is 0 Å². The fourth-order valence-electron chi connectivity index (χ4n) is 1.89. The normalized spacial score (nSPS) is 12.1. The molecule has 122 valence electrons. The van der Waals surface area contributed by atoms with Crippen LogP contribution in [0.25, 0.3) is 6.08 Å². The molecule has 2 aromatic carbocycles. The second-order valence-corrected chi connectivity index (χ2v) is 7.09. The fourth-order valence-corrected chi connectivity index (χ4v) is 3.14. The SMILES string of the molecule is COc1ccc(/C=C/C=C(\C#N)S(=O)(=O)c2ccc(Cl)cc2)cc1. The smallest absolute Gasteiger partial charge is 0.216 e. The quantitative estimate of drug-likeness (QED) is 0.591. The molecule has 0 atom stereocenters. The third kappa shape index (κ3) is 4.25. The van der Waals surface area contributed by atoms with E-state index in [2.05, 4.69) is 0 Å². The molecule has 0 amide bonds. The number of sulfone groups is 1. The Balaban J connectivity index is 2.26. The van der Waals surface area contributed by atoms with Gasteiger partial charge in [0.1, 0.15) is 16.7 Å². The van der Waals surface area contributed by atoms with Crippen LogP contribution < -0.4 is 4.74 Å². The van der Waals surface area contributed by atoms with Gasteiger partial charge in [-0.3, -0.25) is 0 Å². The molecule has 0 fully saturated rings. The van der Waals surface area contributed by atoms with Gasteiger partial charge in [-0.25, -0.2) is 8.42 Å². The summed E-state index contributed by atoms with van der Waals surface area (Å²) in [5, 5.41) is 9.60. The second kappa shape index (κ2) is 7.82. The molecule has 0 aliphatic heterocycles. The Kier molecular flexibility index (Phi) is 5.80. The van der Waals surface area contributed by atoms with Crippen LogP contribution in [0.3, 0.4) is 0 Å². The van der Waals surface area contributed by atoms with Crippen molar-refractivity contribution in [2.24, 2.45) is 0 Å². The van der Waals surface area contributed by atoms with Crippen molar-refractivity contribution in [3.05, 3.63) is 76.2 Å². The van der Waals surface area contributed by atoms with Gasteiger partial charge in [0, 0.05) is 5.02 Å². The third-order valence-electron chi connectivity index (χ3n) is 3.18. The van der Waals surface area contributed by atoms with Crippen molar-refractivity contribution in [2.45, 2.75) is 4.90 Å². The number of hydrogen-bond acceptors (Lipinski definition) is 4. The lowest BCUT2D eigenvalue weighted by molar-refractivity contribution is 0.415. The average Bonchev–Trinajstić information content (AvgIpc) is 2.59. The van der Waals surface area contributed by atoms with Gasteiger partial charge >= 0.3 is 0 Å². The van der Waals surface area contributed by atoms with Gasteiger partial charge in [0.05, 0.1) is 12.0 Å². The van der Waals surface area contributed by atoms with Gasteiger partial charge in [-0.2, -0.15) is 5.26 Å². The summed E-state index contributed by atoms with van der Waals surface area (Å²) in [6.07, 6.45) is 4.50. The fraction of sp³-hybridized carbons (Fsp3) is 0.0556. The van der Waals surface area contributed by atoms with E-state index >= 15 is 0 Å². The van der Waals surface area contributed by atoms with Gasteiger partial charge < -0.3 is 4.74 Å². The Morgan fingerprint density at radius 2 is 1.75 bits per heavy atom. The van der Waals surface area contributed by atoms with Crippen molar-refractivity contribution in [3.63, 3.8) is 0 Å². The van der Waals surface area contributed by atoms with Gasteiger partial charge in [0.25, 0.3) is 0 Å². The van der Waals surface area contributed by atoms with E-state index in [1.54, 1.807) is 31.4 Å². The highest BCUT2D eigenvalue weighted by molar-refractivity contribution is 7.95. The molecule has 0 saturated heterocycles. The molecule has 6 heteroatoms. The predicted octanol–water partition coefficient (Wildman–Crippen LogP) is 4.24. The molecular formula is C18H14ClNO3S. The molecular weight excluding hydrogens is 346 g/mol. The molecule has 4 nitrogen and oxygen atoms in total. The van der Waals surface area contributed by atoms with Crippen LogP contribution in [0.5, 0.6) is 5.75 Å². The van der Waals surface area contributed by atoms with E-state index in [0.717, 1.165) is 11.3 Å². The number of halogens is 1. The maximum absolute atomic E-state index is 12.4. The van der Waals surface area contributed by atoms with Crippen LogP contribution in [0.1, 0.15) is 5.56 Å². The minimum Gasteiger partial charge on any atom is -0.497 e. The van der Waals surface area contributed by atoms with E-state index in [0.29, 0.717) is 5.02 Å². The summed E-state index contributed by atoms with van der Waals surface area (Å²) in [7, 11) is -2.29. The lowest BCUT2D eigenvalue weighted by Crippen LogP contribution is -2.03. The highest BCUT2D eigenvalue weighted by Gasteiger charge is 2.19. The summed E-state index contributed by atoms with van der Waals surface area (Å²) in [5.41, 5.74) is 0.855. The minimum atomic E-state index is -3.86. The average molecular weight is 360 g/mol. The van der Waals surface area contributed by atoms with Crippen LogP contribution in [0.2, 0.25) is 5.02 Å². The first-order chi connectivity index (χ1) is 11.5. The molecule has 0 spiro atoms. The summed E-state index contributed by atoms with van der Waals surface area (Å²) in [6.45, 7) is 0. The van der Waals surface area contributed by atoms with E-state index in [9.17, 15) is 8.42 Å². The lowest BCUT2D eigenvalue weighted by atomic mass is 10.2. The van der Waals surface area contributed by atoms with Crippen molar-refractivity contribution in [3.8, 4) is 11.8 Å². The molecule has 2 rings (SSSR count). The van der Waals surface area contributed by atoms with E-state index in [1.165, 1.54) is 36.4 Å². The number of rotatable bonds is 5. The van der Waals surface area contributed by atoms with Crippen LogP contribution in [-0.2, 0) is 9.84 Å². The van der Waals surface area contributed by atoms with Crippen LogP contribution in [0.15, 0.2) is 70.5 Å². The Hall–Kier alpha value is -2.55. The molecule has 0 saturated carbocycles. The summed E-state index contributed by atoms with van der Waals surface area (Å²) < 4.78 is 29.9. The van der Waals surface area contributed by atoms with Crippen LogP contribution in [0.4, 0.5) is 0 Å². The van der Waals surface area contributed by atoms with Gasteiger partial charge in [-0.1, -0.05) is 35.9 Å². The molecule has 0 unspecified atom stereocenters. The lowest BCUT2D eigenvalue weighted by Gasteiger charge is -2.02. The first-order valence-electron chi connectivity index (χ1n) is 6.90. The Morgan fingerprint density at radius 3 is 2.29 bits per heavy atom. The highest BCUT2D eigenvalue weighted by atomic mass is 35.5. The van der Waals surface area contributed by atoms with E-state index < -0.39 is 9.84 Å². The van der Waals surface area contributed by atoms with Gasteiger partial charge in [0.15, 0.2) is 0 Å². The van der Waals surface area contributed by atoms with E-state index in [-0.39, 0.29) is 9.80 Å². The maximum atomic E-state index is 12.4. The van der Waals surface area contributed by atoms with Crippen LogP contribution in [0, 0.1) is 11.3 Å². The van der Waals surface area contributed by atoms with E-state index in [4.69, 9.17) is 21.6 Å². The minimum absolute atomic E-state index is 0.0255. The maximum Gasteiger partial charge on any atom is 0.216 e. The molecule has 2 aromatic rings. The molecule has 0 aromatic heterocycles. The number of allylic oxidation sites excluding steroid dienone is 3. The molecule has 24 heavy (non-hydrogen) atoms. The summed E-state index contributed by atoms with van der Waals surface area (Å²) >= 11 is 5.75. The highest BCUT2D eigenvalue weighted by Crippen LogP contribution is 2.21. The zero-order valence-corrected chi connectivity index (χ0v) is 14.4. The number of methoxy groups -OCH3 is 1.